The Bertz CT molecular complexity index is 619. The molecule has 0 fully saturated rings. The van der Waals surface area contributed by atoms with Crippen LogP contribution in [0, 0.1) is 0 Å². The first kappa shape index (κ1) is 13.7. The number of halogens is 1. The summed E-state index contributed by atoms with van der Waals surface area (Å²) in [5, 5.41) is 4.04. The molecular weight excluding hydrogens is 266 g/mol. The van der Waals surface area contributed by atoms with Gasteiger partial charge in [0.15, 0.2) is 0 Å². The molecule has 0 aromatic heterocycles. The lowest BCUT2D eigenvalue weighted by Gasteiger charge is -2.18. The minimum atomic E-state index is 0.803. The van der Waals surface area contributed by atoms with Crippen molar-refractivity contribution in [3.05, 3.63) is 58.1 Å². The Morgan fingerprint density at radius 1 is 1.00 bits per heavy atom. The molecule has 0 heterocycles. The van der Waals surface area contributed by atoms with Crippen LogP contribution in [0.3, 0.4) is 0 Å². The standard InChI is InChI=1S/C18H20ClN/c1-20-12-16-8-9-17(19)11-18(16)15-7-6-13-4-2-3-5-14(13)10-15/h6-11,20H,2-5,12H2,1H3. The second-order valence-corrected chi connectivity index (χ2v) is 5.96. The minimum Gasteiger partial charge on any atom is -0.316 e. The molecule has 2 aromatic rings. The lowest BCUT2D eigenvalue weighted by Crippen LogP contribution is -2.07. The minimum absolute atomic E-state index is 0.803. The normalized spacial score (nSPS) is 14.1. The average molecular weight is 286 g/mol. The van der Waals surface area contributed by atoms with Crippen molar-refractivity contribution in [3.8, 4) is 11.1 Å². The second-order valence-electron chi connectivity index (χ2n) is 5.52. The molecular formula is C18H20ClN. The molecule has 1 aliphatic carbocycles. The van der Waals surface area contributed by atoms with Crippen molar-refractivity contribution in [3.63, 3.8) is 0 Å². The van der Waals surface area contributed by atoms with E-state index in [9.17, 15) is 0 Å². The smallest absolute Gasteiger partial charge is 0.0412 e. The van der Waals surface area contributed by atoms with Crippen molar-refractivity contribution < 1.29 is 0 Å². The topological polar surface area (TPSA) is 12.0 Å². The van der Waals surface area contributed by atoms with Gasteiger partial charge in [-0.15, -0.1) is 0 Å². The SMILES string of the molecule is CNCc1ccc(Cl)cc1-c1ccc2c(c1)CCCC2. The molecule has 0 unspecified atom stereocenters. The predicted molar refractivity (Wildman–Crippen MR) is 86.3 cm³/mol. The van der Waals surface area contributed by atoms with Gasteiger partial charge in [-0.2, -0.15) is 0 Å². The van der Waals surface area contributed by atoms with Crippen LogP contribution in [0.15, 0.2) is 36.4 Å². The number of hydrogen-bond acceptors (Lipinski definition) is 1. The lowest BCUT2D eigenvalue weighted by atomic mass is 9.88. The maximum Gasteiger partial charge on any atom is 0.0412 e. The summed E-state index contributed by atoms with van der Waals surface area (Å²) in [5.74, 6) is 0. The molecule has 1 aliphatic rings. The molecule has 0 spiro atoms. The fourth-order valence-electron chi connectivity index (χ4n) is 3.06. The van der Waals surface area contributed by atoms with Crippen molar-refractivity contribution in [2.75, 3.05) is 7.05 Å². The fraction of sp³-hybridized carbons (Fsp3) is 0.333. The highest BCUT2D eigenvalue weighted by atomic mass is 35.5. The van der Waals surface area contributed by atoms with Gasteiger partial charge in [-0.05, 0) is 72.7 Å². The van der Waals surface area contributed by atoms with E-state index in [-0.39, 0.29) is 0 Å². The van der Waals surface area contributed by atoms with Gasteiger partial charge in [0, 0.05) is 11.6 Å². The number of rotatable bonds is 3. The van der Waals surface area contributed by atoms with Crippen LogP contribution in [-0.2, 0) is 19.4 Å². The van der Waals surface area contributed by atoms with E-state index in [2.05, 4.69) is 35.6 Å². The monoisotopic (exact) mass is 285 g/mol. The van der Waals surface area contributed by atoms with Crippen LogP contribution in [0.2, 0.25) is 5.02 Å². The van der Waals surface area contributed by atoms with E-state index in [1.54, 1.807) is 0 Å². The summed E-state index contributed by atoms with van der Waals surface area (Å²) in [6.07, 6.45) is 5.09. The van der Waals surface area contributed by atoms with Gasteiger partial charge in [0.1, 0.15) is 0 Å². The Kier molecular flexibility index (Phi) is 4.09. The van der Waals surface area contributed by atoms with Crippen LogP contribution in [0.4, 0.5) is 0 Å². The van der Waals surface area contributed by atoms with Gasteiger partial charge in [-0.1, -0.05) is 35.9 Å². The van der Waals surface area contributed by atoms with E-state index in [1.807, 2.05) is 13.1 Å². The highest BCUT2D eigenvalue weighted by Gasteiger charge is 2.12. The van der Waals surface area contributed by atoms with E-state index in [0.717, 1.165) is 11.6 Å². The van der Waals surface area contributed by atoms with Crippen molar-refractivity contribution in [2.24, 2.45) is 0 Å². The molecule has 1 N–H and O–H groups in total. The predicted octanol–water partition coefficient (Wildman–Crippen LogP) is 4.61. The van der Waals surface area contributed by atoms with Gasteiger partial charge < -0.3 is 5.32 Å². The Labute approximate surface area is 126 Å². The van der Waals surface area contributed by atoms with Gasteiger partial charge >= 0.3 is 0 Å². The zero-order chi connectivity index (χ0) is 13.9. The third-order valence-electron chi connectivity index (χ3n) is 4.10. The second kappa shape index (κ2) is 5.99. The summed E-state index contributed by atoms with van der Waals surface area (Å²) in [7, 11) is 1.98. The van der Waals surface area contributed by atoms with E-state index in [0.29, 0.717) is 0 Å². The van der Waals surface area contributed by atoms with Gasteiger partial charge in [0.2, 0.25) is 0 Å². The molecule has 0 bridgehead atoms. The number of nitrogens with one attached hydrogen (secondary N) is 1. The van der Waals surface area contributed by atoms with E-state index in [1.165, 1.54) is 53.5 Å². The van der Waals surface area contributed by atoms with Crippen molar-refractivity contribution in [1.82, 2.24) is 5.32 Å². The summed E-state index contributed by atoms with van der Waals surface area (Å²) >= 11 is 6.19. The average Bonchev–Trinajstić information content (AvgIpc) is 2.49. The van der Waals surface area contributed by atoms with Crippen LogP contribution in [-0.4, -0.2) is 7.05 Å². The van der Waals surface area contributed by atoms with Gasteiger partial charge in [0.25, 0.3) is 0 Å². The first-order valence-corrected chi connectivity index (χ1v) is 7.71. The first-order valence-electron chi connectivity index (χ1n) is 7.33. The molecule has 2 heteroatoms. The van der Waals surface area contributed by atoms with Crippen LogP contribution in [0.1, 0.15) is 29.5 Å². The molecule has 104 valence electrons. The Morgan fingerprint density at radius 3 is 2.60 bits per heavy atom. The highest BCUT2D eigenvalue weighted by molar-refractivity contribution is 6.30. The van der Waals surface area contributed by atoms with E-state index < -0.39 is 0 Å². The zero-order valence-electron chi connectivity index (χ0n) is 11.9. The number of fused-ring (bicyclic) bond motifs is 1. The van der Waals surface area contributed by atoms with Crippen molar-refractivity contribution in [2.45, 2.75) is 32.2 Å². The summed E-state index contributed by atoms with van der Waals surface area (Å²) in [5.41, 5.74) is 6.88. The quantitative estimate of drug-likeness (QED) is 0.869. The molecule has 0 saturated carbocycles. The first-order chi connectivity index (χ1) is 9.78. The van der Waals surface area contributed by atoms with Crippen molar-refractivity contribution >= 4 is 11.6 Å². The third-order valence-corrected chi connectivity index (χ3v) is 4.33. The summed E-state index contributed by atoms with van der Waals surface area (Å²) in [4.78, 5) is 0. The molecule has 0 amide bonds. The molecule has 0 aliphatic heterocycles. The molecule has 3 rings (SSSR count). The van der Waals surface area contributed by atoms with Gasteiger partial charge in [-0.3, -0.25) is 0 Å². The molecule has 2 aromatic carbocycles. The maximum absolute atomic E-state index is 6.19. The van der Waals surface area contributed by atoms with Gasteiger partial charge in [-0.25, -0.2) is 0 Å². The van der Waals surface area contributed by atoms with Crippen molar-refractivity contribution in [1.29, 1.82) is 0 Å². The molecule has 1 nitrogen and oxygen atoms in total. The van der Waals surface area contributed by atoms with Crippen LogP contribution in [0.5, 0.6) is 0 Å². The number of hydrogen-bond donors (Lipinski definition) is 1. The Morgan fingerprint density at radius 2 is 1.80 bits per heavy atom. The van der Waals surface area contributed by atoms with Crippen LogP contribution in [0.25, 0.3) is 11.1 Å². The lowest BCUT2D eigenvalue weighted by molar-refractivity contribution is 0.686. The molecule has 20 heavy (non-hydrogen) atoms. The fourth-order valence-corrected chi connectivity index (χ4v) is 3.24. The number of aryl methyl sites for hydroxylation is 2. The maximum atomic E-state index is 6.19. The molecule has 0 radical (unpaired) electrons. The molecule has 0 saturated heterocycles. The van der Waals surface area contributed by atoms with E-state index >= 15 is 0 Å². The summed E-state index contributed by atoms with van der Waals surface area (Å²) in [6, 6.07) is 13.1. The molecule has 0 atom stereocenters. The van der Waals surface area contributed by atoms with E-state index in [4.69, 9.17) is 11.6 Å². The van der Waals surface area contributed by atoms with Gasteiger partial charge in [0.05, 0.1) is 0 Å². The Hall–Kier alpha value is -1.31. The summed E-state index contributed by atoms with van der Waals surface area (Å²) < 4.78 is 0. The third kappa shape index (κ3) is 2.74. The zero-order valence-corrected chi connectivity index (χ0v) is 12.6. The summed E-state index contributed by atoms with van der Waals surface area (Å²) in [6.45, 7) is 0.865. The van der Waals surface area contributed by atoms with Crippen LogP contribution < -0.4 is 5.32 Å². The number of benzene rings is 2. The Balaban J connectivity index is 2.05. The van der Waals surface area contributed by atoms with Crippen LogP contribution >= 0.6 is 11.6 Å². The highest BCUT2D eigenvalue weighted by Crippen LogP contribution is 2.31. The largest absolute Gasteiger partial charge is 0.316 e.